The molecule has 0 aliphatic rings. The molecule has 1 rings (SSSR count). The molecule has 1 aromatic carbocycles. The molecule has 5 nitrogen and oxygen atoms in total. The number of phenols is 1. The number of nitrogens with zero attached hydrogens (tertiary/aromatic N) is 1. The molecule has 0 aromatic heterocycles. The molecule has 0 radical (unpaired) electrons. The second-order valence-corrected chi connectivity index (χ2v) is 7.05. The number of para-hydroxylation sites is 1. The van der Waals surface area contributed by atoms with Crippen molar-refractivity contribution in [3.05, 3.63) is 29.8 Å². The number of carbonyl (C=O) groups excluding carboxylic acids is 1. The van der Waals surface area contributed by atoms with Crippen molar-refractivity contribution in [3.63, 3.8) is 0 Å². The lowest BCUT2D eigenvalue weighted by molar-refractivity contribution is -0.122. The Balaban J connectivity index is 2.10. The summed E-state index contributed by atoms with van der Waals surface area (Å²) in [5.74, 6) is 0.205. The molecular formula is C15H22BrN3O2. The molecule has 0 unspecified atom stereocenters. The van der Waals surface area contributed by atoms with Crippen LogP contribution in [-0.2, 0) is 4.79 Å². The van der Waals surface area contributed by atoms with Gasteiger partial charge in [0.2, 0.25) is 5.91 Å². The first-order chi connectivity index (χ1) is 9.91. The summed E-state index contributed by atoms with van der Waals surface area (Å²) in [6.07, 6.45) is 1.66. The van der Waals surface area contributed by atoms with Crippen LogP contribution in [0.4, 0.5) is 0 Å². The maximum Gasteiger partial charge on any atom is 0.236 e. The fourth-order valence-electron chi connectivity index (χ4n) is 1.50. The van der Waals surface area contributed by atoms with E-state index in [0.717, 1.165) is 6.54 Å². The van der Waals surface area contributed by atoms with E-state index in [9.17, 15) is 9.90 Å². The Morgan fingerprint density at radius 2 is 2.05 bits per heavy atom. The molecule has 0 heterocycles. The normalized spacial score (nSPS) is 11.8. The number of benzene rings is 1. The van der Waals surface area contributed by atoms with Crippen LogP contribution in [0.2, 0.25) is 0 Å². The first-order valence-electron chi connectivity index (χ1n) is 6.87. The zero-order valence-electron chi connectivity index (χ0n) is 12.4. The molecule has 116 valence electrons. The third-order valence-corrected chi connectivity index (χ3v) is 3.07. The molecule has 1 aromatic rings. The third-order valence-electron chi connectivity index (χ3n) is 2.71. The van der Waals surface area contributed by atoms with Crippen LogP contribution in [0, 0.1) is 0 Å². The van der Waals surface area contributed by atoms with E-state index in [4.69, 9.17) is 0 Å². The molecule has 0 fully saturated rings. The second kappa shape index (κ2) is 8.79. The van der Waals surface area contributed by atoms with Gasteiger partial charge in [0, 0.05) is 31.4 Å². The van der Waals surface area contributed by atoms with Crippen LogP contribution >= 0.6 is 15.9 Å². The summed E-state index contributed by atoms with van der Waals surface area (Å²) in [6.45, 7) is 6.23. The maximum atomic E-state index is 11.6. The van der Waals surface area contributed by atoms with Crippen LogP contribution in [0.1, 0.15) is 19.4 Å². The van der Waals surface area contributed by atoms with E-state index in [2.05, 4.69) is 31.6 Å². The number of hydrogen-bond donors (Lipinski definition) is 3. The van der Waals surface area contributed by atoms with Gasteiger partial charge < -0.3 is 15.7 Å². The summed E-state index contributed by atoms with van der Waals surface area (Å²) in [6, 6.07) is 7.07. The number of halogens is 1. The highest BCUT2D eigenvalue weighted by Crippen LogP contribution is 2.14. The lowest BCUT2D eigenvalue weighted by Crippen LogP contribution is -2.41. The highest BCUT2D eigenvalue weighted by Gasteiger charge is 2.22. The van der Waals surface area contributed by atoms with Gasteiger partial charge in [0.05, 0.1) is 10.9 Å². The molecule has 0 bridgehead atoms. The molecule has 0 atom stereocenters. The predicted molar refractivity (Wildman–Crippen MR) is 89.5 cm³/mol. The predicted octanol–water partition coefficient (Wildman–Crippen LogP) is 1.69. The van der Waals surface area contributed by atoms with Crippen molar-refractivity contribution in [2.24, 2.45) is 4.99 Å². The van der Waals surface area contributed by atoms with E-state index in [0.29, 0.717) is 25.2 Å². The summed E-state index contributed by atoms with van der Waals surface area (Å²) in [7, 11) is 0. The molecule has 0 spiro atoms. The van der Waals surface area contributed by atoms with Crippen LogP contribution in [0.15, 0.2) is 29.3 Å². The number of nitrogens with one attached hydrogen (secondary N) is 2. The average molecular weight is 356 g/mol. The fourth-order valence-corrected chi connectivity index (χ4v) is 1.64. The lowest BCUT2D eigenvalue weighted by atomic mass is 10.2. The van der Waals surface area contributed by atoms with Crippen molar-refractivity contribution in [3.8, 4) is 5.75 Å². The largest absolute Gasteiger partial charge is 0.507 e. The van der Waals surface area contributed by atoms with E-state index in [1.165, 1.54) is 0 Å². The van der Waals surface area contributed by atoms with E-state index in [1.807, 2.05) is 26.0 Å². The van der Waals surface area contributed by atoms with Crippen molar-refractivity contribution < 1.29 is 9.90 Å². The summed E-state index contributed by atoms with van der Waals surface area (Å²) in [4.78, 5) is 15.8. The molecule has 0 aliphatic heterocycles. The molecule has 6 heteroatoms. The summed E-state index contributed by atoms with van der Waals surface area (Å²) in [5, 5.41) is 15.6. The zero-order valence-corrected chi connectivity index (χ0v) is 14.0. The smallest absolute Gasteiger partial charge is 0.236 e. The van der Waals surface area contributed by atoms with Gasteiger partial charge >= 0.3 is 0 Å². The molecule has 0 saturated carbocycles. The van der Waals surface area contributed by atoms with Gasteiger partial charge in [-0.1, -0.05) is 28.1 Å². The van der Waals surface area contributed by atoms with Crippen LogP contribution in [0.5, 0.6) is 5.75 Å². The topological polar surface area (TPSA) is 73.7 Å². The van der Waals surface area contributed by atoms with Crippen LogP contribution in [0.25, 0.3) is 0 Å². The Morgan fingerprint density at radius 3 is 2.71 bits per heavy atom. The SMILES string of the molecule is CC(C)(Br)C(=O)NCCNCCN=Cc1ccccc1O. The fraction of sp³-hybridized carbons (Fsp3) is 0.467. The van der Waals surface area contributed by atoms with Gasteiger partial charge in [-0.15, -0.1) is 0 Å². The first-order valence-corrected chi connectivity index (χ1v) is 7.66. The summed E-state index contributed by atoms with van der Waals surface area (Å²) in [5.41, 5.74) is 0.712. The highest BCUT2D eigenvalue weighted by atomic mass is 79.9. The highest BCUT2D eigenvalue weighted by molar-refractivity contribution is 9.10. The van der Waals surface area contributed by atoms with Gasteiger partial charge in [-0.2, -0.15) is 0 Å². The number of aromatic hydroxyl groups is 1. The van der Waals surface area contributed by atoms with E-state index in [1.54, 1.807) is 18.3 Å². The first kappa shape index (κ1) is 17.7. The minimum atomic E-state index is -0.533. The van der Waals surface area contributed by atoms with E-state index in [-0.39, 0.29) is 11.7 Å². The number of phenolic OH excluding ortho intramolecular Hbond substituents is 1. The number of carbonyl (C=O) groups is 1. The number of aliphatic imine (C=N–C) groups is 1. The van der Waals surface area contributed by atoms with Gasteiger partial charge in [0.1, 0.15) is 5.75 Å². The van der Waals surface area contributed by atoms with Crippen molar-refractivity contribution in [1.82, 2.24) is 10.6 Å². The molecule has 3 N–H and O–H groups in total. The van der Waals surface area contributed by atoms with Crippen molar-refractivity contribution in [2.45, 2.75) is 18.2 Å². The van der Waals surface area contributed by atoms with Gasteiger partial charge in [-0.25, -0.2) is 0 Å². The Morgan fingerprint density at radius 1 is 1.33 bits per heavy atom. The Bertz CT molecular complexity index is 484. The second-order valence-electron chi connectivity index (χ2n) is 5.07. The molecule has 0 saturated heterocycles. The van der Waals surface area contributed by atoms with Crippen LogP contribution in [0.3, 0.4) is 0 Å². The van der Waals surface area contributed by atoms with Crippen molar-refractivity contribution >= 4 is 28.1 Å². The number of hydrogen-bond acceptors (Lipinski definition) is 4. The summed E-state index contributed by atoms with van der Waals surface area (Å²) >= 11 is 3.30. The monoisotopic (exact) mass is 355 g/mol. The molecule has 0 aliphatic carbocycles. The van der Waals surface area contributed by atoms with Gasteiger partial charge in [-0.3, -0.25) is 9.79 Å². The standard InChI is InChI=1S/C15H22BrN3O2/c1-15(2,16)14(21)19-10-9-17-7-8-18-11-12-5-3-4-6-13(12)20/h3-6,11,17,20H,7-10H2,1-2H3,(H,19,21). The van der Waals surface area contributed by atoms with Gasteiger partial charge in [-0.05, 0) is 26.0 Å². The van der Waals surface area contributed by atoms with Crippen molar-refractivity contribution in [2.75, 3.05) is 26.2 Å². The zero-order chi connectivity index (χ0) is 15.7. The molecule has 21 heavy (non-hydrogen) atoms. The van der Waals surface area contributed by atoms with Crippen molar-refractivity contribution in [1.29, 1.82) is 0 Å². The Hall–Kier alpha value is -1.40. The average Bonchev–Trinajstić information content (AvgIpc) is 2.42. The minimum absolute atomic E-state index is 0.0260. The minimum Gasteiger partial charge on any atom is -0.507 e. The Labute approximate surface area is 134 Å². The number of rotatable bonds is 8. The third kappa shape index (κ3) is 7.24. The van der Waals surface area contributed by atoms with E-state index < -0.39 is 4.32 Å². The van der Waals surface area contributed by atoms with Gasteiger partial charge in [0.25, 0.3) is 0 Å². The van der Waals surface area contributed by atoms with Crippen LogP contribution in [-0.4, -0.2) is 47.7 Å². The lowest BCUT2D eigenvalue weighted by Gasteiger charge is -2.15. The van der Waals surface area contributed by atoms with Gasteiger partial charge in [0.15, 0.2) is 0 Å². The molecule has 1 amide bonds. The quantitative estimate of drug-likeness (QED) is 0.377. The summed E-state index contributed by atoms with van der Waals surface area (Å²) < 4.78 is -0.533. The number of alkyl halides is 1. The number of amides is 1. The van der Waals surface area contributed by atoms with Crippen LogP contribution < -0.4 is 10.6 Å². The molecular weight excluding hydrogens is 334 g/mol. The Kier molecular flexibility index (Phi) is 7.39. The van der Waals surface area contributed by atoms with E-state index >= 15 is 0 Å². The maximum absolute atomic E-state index is 11.6.